The zero-order valence-electron chi connectivity index (χ0n) is 10.8. The van der Waals surface area contributed by atoms with Crippen LogP contribution in [0.15, 0.2) is 29.7 Å². The van der Waals surface area contributed by atoms with Crippen molar-refractivity contribution >= 4 is 23.4 Å². The fourth-order valence-corrected chi connectivity index (χ4v) is 2.20. The molecule has 2 rings (SSSR count). The number of rotatable bonds is 4. The molecule has 1 aromatic carbocycles. The summed E-state index contributed by atoms with van der Waals surface area (Å²) in [5.74, 6) is -2.29. The number of aryl methyl sites for hydroxylation is 1. The largest absolute Gasteiger partial charge is 0.325 e. The number of aromatic nitrogens is 3. The second kappa shape index (κ2) is 6.00. The van der Waals surface area contributed by atoms with E-state index in [0.717, 1.165) is 12.1 Å². The quantitative estimate of drug-likeness (QED) is 0.879. The Morgan fingerprint density at radius 3 is 2.75 bits per heavy atom. The fourth-order valence-electron chi connectivity index (χ4n) is 1.41. The minimum Gasteiger partial charge on any atom is -0.325 e. The van der Waals surface area contributed by atoms with Gasteiger partial charge >= 0.3 is 0 Å². The van der Waals surface area contributed by atoms with Crippen molar-refractivity contribution in [2.75, 3.05) is 5.32 Å². The number of amides is 1. The van der Waals surface area contributed by atoms with E-state index < -0.39 is 16.9 Å². The van der Waals surface area contributed by atoms with Gasteiger partial charge in [0.15, 0.2) is 16.8 Å². The summed E-state index contributed by atoms with van der Waals surface area (Å²) in [7, 11) is 1.77. The Balaban J connectivity index is 2.00. The SMILES string of the molecule is C[C@H](Sc1nncn1C)C(=O)Nc1ccc(F)c(F)c1. The molecule has 0 aliphatic carbocycles. The van der Waals surface area contributed by atoms with E-state index in [4.69, 9.17) is 0 Å². The van der Waals surface area contributed by atoms with Crippen molar-refractivity contribution in [3.63, 3.8) is 0 Å². The van der Waals surface area contributed by atoms with Crippen LogP contribution in [0.1, 0.15) is 6.92 Å². The normalized spacial score (nSPS) is 12.2. The topological polar surface area (TPSA) is 59.8 Å². The number of hydrogen-bond acceptors (Lipinski definition) is 4. The Hall–Kier alpha value is -1.96. The van der Waals surface area contributed by atoms with Gasteiger partial charge in [0.05, 0.1) is 5.25 Å². The highest BCUT2D eigenvalue weighted by atomic mass is 32.2. The first kappa shape index (κ1) is 14.4. The summed E-state index contributed by atoms with van der Waals surface area (Å²) in [5, 5.41) is 10.2. The van der Waals surface area contributed by atoms with Crippen LogP contribution in [0.4, 0.5) is 14.5 Å². The Bertz CT molecular complexity index is 632. The molecule has 0 bridgehead atoms. The van der Waals surface area contributed by atoms with Gasteiger partial charge < -0.3 is 9.88 Å². The molecule has 2 aromatic rings. The molecule has 0 aliphatic heterocycles. The fraction of sp³-hybridized carbons (Fsp3) is 0.250. The number of nitrogens with zero attached hydrogens (tertiary/aromatic N) is 3. The van der Waals surface area contributed by atoms with Crippen LogP contribution in [-0.4, -0.2) is 25.9 Å². The van der Waals surface area contributed by atoms with Gasteiger partial charge in [-0.15, -0.1) is 10.2 Å². The van der Waals surface area contributed by atoms with Crippen molar-refractivity contribution in [1.82, 2.24) is 14.8 Å². The summed E-state index contributed by atoms with van der Waals surface area (Å²) in [6.07, 6.45) is 1.53. The zero-order valence-corrected chi connectivity index (χ0v) is 11.6. The van der Waals surface area contributed by atoms with E-state index >= 15 is 0 Å². The lowest BCUT2D eigenvalue weighted by molar-refractivity contribution is -0.115. The molecule has 0 unspecified atom stereocenters. The highest BCUT2D eigenvalue weighted by Crippen LogP contribution is 2.21. The van der Waals surface area contributed by atoms with Gasteiger partial charge in [-0.1, -0.05) is 11.8 Å². The number of hydrogen-bond donors (Lipinski definition) is 1. The second-order valence-electron chi connectivity index (χ2n) is 4.10. The Morgan fingerprint density at radius 1 is 1.40 bits per heavy atom. The molecule has 0 saturated heterocycles. The third-order valence-corrected chi connectivity index (χ3v) is 3.66. The zero-order chi connectivity index (χ0) is 14.7. The third kappa shape index (κ3) is 3.32. The number of anilines is 1. The van der Waals surface area contributed by atoms with Crippen LogP contribution in [0.3, 0.4) is 0 Å². The van der Waals surface area contributed by atoms with Crippen LogP contribution in [0.5, 0.6) is 0 Å². The standard InChI is InChI=1S/C12H12F2N4OS/c1-7(20-12-17-15-6-18(12)2)11(19)16-8-3-4-9(13)10(14)5-8/h3-7H,1-2H3,(H,16,19)/t7-/m0/s1. The lowest BCUT2D eigenvalue weighted by atomic mass is 10.3. The number of carbonyl (C=O) groups is 1. The van der Waals surface area contributed by atoms with E-state index in [9.17, 15) is 13.6 Å². The van der Waals surface area contributed by atoms with Crippen LogP contribution in [-0.2, 0) is 11.8 Å². The van der Waals surface area contributed by atoms with E-state index in [1.807, 2.05) is 0 Å². The number of halogens is 2. The van der Waals surface area contributed by atoms with E-state index in [1.54, 1.807) is 18.5 Å². The molecule has 1 heterocycles. The van der Waals surface area contributed by atoms with Gasteiger partial charge in [-0.2, -0.15) is 0 Å². The van der Waals surface area contributed by atoms with Crippen LogP contribution in [0.25, 0.3) is 0 Å². The van der Waals surface area contributed by atoms with Gasteiger partial charge in [0.2, 0.25) is 5.91 Å². The molecule has 1 aromatic heterocycles. The van der Waals surface area contributed by atoms with Crippen LogP contribution < -0.4 is 5.32 Å². The summed E-state index contributed by atoms with van der Waals surface area (Å²) in [5.41, 5.74) is 0.208. The maximum absolute atomic E-state index is 13.0. The lowest BCUT2D eigenvalue weighted by Gasteiger charge is -2.11. The predicted octanol–water partition coefficient (Wildman–Crippen LogP) is 2.21. The lowest BCUT2D eigenvalue weighted by Crippen LogP contribution is -2.22. The first-order valence-corrected chi connectivity index (χ1v) is 6.62. The number of thioether (sulfide) groups is 1. The molecule has 5 nitrogen and oxygen atoms in total. The summed E-state index contributed by atoms with van der Waals surface area (Å²) < 4.78 is 27.5. The average Bonchev–Trinajstić information content (AvgIpc) is 2.79. The van der Waals surface area contributed by atoms with Crippen molar-refractivity contribution in [3.8, 4) is 0 Å². The molecule has 0 saturated carbocycles. The van der Waals surface area contributed by atoms with Crippen molar-refractivity contribution < 1.29 is 13.6 Å². The molecule has 0 radical (unpaired) electrons. The Labute approximate surface area is 118 Å². The van der Waals surface area contributed by atoms with Crippen molar-refractivity contribution in [2.24, 2.45) is 7.05 Å². The molecule has 0 fully saturated rings. The minimum absolute atomic E-state index is 0.208. The molecule has 1 N–H and O–H groups in total. The Kier molecular flexibility index (Phi) is 4.33. The van der Waals surface area contributed by atoms with E-state index in [2.05, 4.69) is 15.5 Å². The molecule has 8 heteroatoms. The molecule has 1 atom stereocenters. The number of benzene rings is 1. The maximum Gasteiger partial charge on any atom is 0.237 e. The van der Waals surface area contributed by atoms with E-state index in [0.29, 0.717) is 5.16 Å². The summed E-state index contributed by atoms with van der Waals surface area (Å²) in [6, 6.07) is 3.20. The van der Waals surface area contributed by atoms with Gasteiger partial charge in [0, 0.05) is 18.8 Å². The minimum atomic E-state index is -1.00. The van der Waals surface area contributed by atoms with Gasteiger partial charge in [-0.05, 0) is 19.1 Å². The molecule has 1 amide bonds. The summed E-state index contributed by atoms with van der Waals surface area (Å²) >= 11 is 1.22. The Morgan fingerprint density at radius 2 is 2.15 bits per heavy atom. The molecular formula is C12H12F2N4OS. The first-order valence-electron chi connectivity index (χ1n) is 5.74. The molecule has 0 spiro atoms. The predicted molar refractivity (Wildman–Crippen MR) is 71.3 cm³/mol. The van der Waals surface area contributed by atoms with Gasteiger partial charge in [-0.25, -0.2) is 8.78 Å². The van der Waals surface area contributed by atoms with Crippen molar-refractivity contribution in [3.05, 3.63) is 36.2 Å². The third-order valence-electron chi connectivity index (χ3n) is 2.51. The number of carbonyl (C=O) groups excluding carboxylic acids is 1. The van der Waals surface area contributed by atoms with Crippen LogP contribution >= 0.6 is 11.8 Å². The molecular weight excluding hydrogens is 286 g/mol. The second-order valence-corrected chi connectivity index (χ2v) is 5.41. The highest BCUT2D eigenvalue weighted by Gasteiger charge is 2.17. The summed E-state index contributed by atoms with van der Waals surface area (Å²) in [4.78, 5) is 11.9. The van der Waals surface area contributed by atoms with Gasteiger partial charge in [-0.3, -0.25) is 4.79 Å². The first-order chi connectivity index (χ1) is 9.47. The van der Waals surface area contributed by atoms with Crippen molar-refractivity contribution in [2.45, 2.75) is 17.3 Å². The summed E-state index contributed by atoms with van der Waals surface area (Å²) in [6.45, 7) is 1.69. The molecule has 20 heavy (non-hydrogen) atoms. The highest BCUT2D eigenvalue weighted by molar-refractivity contribution is 8.00. The average molecular weight is 298 g/mol. The van der Waals surface area contributed by atoms with E-state index in [1.165, 1.54) is 24.2 Å². The van der Waals surface area contributed by atoms with E-state index in [-0.39, 0.29) is 11.6 Å². The monoisotopic (exact) mass is 298 g/mol. The molecule has 0 aliphatic rings. The van der Waals surface area contributed by atoms with Crippen LogP contribution in [0, 0.1) is 11.6 Å². The number of nitrogens with one attached hydrogen (secondary N) is 1. The molecule has 106 valence electrons. The smallest absolute Gasteiger partial charge is 0.237 e. The van der Waals surface area contributed by atoms with Crippen LogP contribution in [0.2, 0.25) is 0 Å². The van der Waals surface area contributed by atoms with Crippen molar-refractivity contribution in [1.29, 1.82) is 0 Å². The van der Waals surface area contributed by atoms with Gasteiger partial charge in [0.25, 0.3) is 0 Å². The maximum atomic E-state index is 13.0. The van der Waals surface area contributed by atoms with Gasteiger partial charge in [0.1, 0.15) is 6.33 Å².